The van der Waals surface area contributed by atoms with Crippen LogP contribution in [-0.2, 0) is 15.9 Å². The maximum Gasteiger partial charge on any atom is 0.407 e. The monoisotopic (exact) mass is 434 g/mol. The Hall–Kier alpha value is -1.60. The molecule has 1 aromatic heterocycles. The SMILES string of the molecule is Cc1[nH]nc(C2CCC3(CC2)CC(C)(C)CO3)c1CCNCCOC(=O)NC(C)(C)C. The quantitative estimate of drug-likeness (QED) is 0.559. The summed E-state index contributed by atoms with van der Waals surface area (Å²) < 4.78 is 11.5. The third-order valence-corrected chi connectivity index (χ3v) is 6.50. The second-order valence-corrected chi connectivity index (χ2v) is 11.3. The van der Waals surface area contributed by atoms with Crippen LogP contribution in [0.3, 0.4) is 0 Å². The van der Waals surface area contributed by atoms with Gasteiger partial charge in [-0.05, 0) is 83.7 Å². The van der Waals surface area contributed by atoms with E-state index < -0.39 is 0 Å². The van der Waals surface area contributed by atoms with Gasteiger partial charge in [-0.3, -0.25) is 5.10 Å². The molecule has 0 bridgehead atoms. The molecule has 0 aromatic carbocycles. The Bertz CT molecular complexity index is 742. The van der Waals surface area contributed by atoms with Crippen molar-refractivity contribution in [3.8, 4) is 0 Å². The third-order valence-electron chi connectivity index (χ3n) is 6.50. The molecular formula is C24H42N4O3. The van der Waals surface area contributed by atoms with Gasteiger partial charge < -0.3 is 20.1 Å². The predicted octanol–water partition coefficient (Wildman–Crippen LogP) is 4.22. The van der Waals surface area contributed by atoms with Crippen LogP contribution >= 0.6 is 0 Å². The molecule has 1 saturated heterocycles. The number of aromatic nitrogens is 2. The topological polar surface area (TPSA) is 88.3 Å². The average molecular weight is 435 g/mol. The lowest BCUT2D eigenvalue weighted by molar-refractivity contribution is -0.0296. The first kappa shape index (κ1) is 24.1. The number of ether oxygens (including phenoxy) is 2. The number of hydrogen-bond acceptors (Lipinski definition) is 5. The molecule has 1 spiro atoms. The van der Waals surface area contributed by atoms with Gasteiger partial charge in [-0.15, -0.1) is 0 Å². The number of rotatable bonds is 7. The Balaban J connectivity index is 1.42. The average Bonchev–Trinajstić information content (AvgIpc) is 3.17. The number of nitrogens with zero attached hydrogens (tertiary/aromatic N) is 1. The number of hydrogen-bond donors (Lipinski definition) is 3. The van der Waals surface area contributed by atoms with E-state index in [0.717, 1.165) is 50.9 Å². The molecule has 7 heteroatoms. The van der Waals surface area contributed by atoms with Gasteiger partial charge in [0, 0.05) is 23.7 Å². The van der Waals surface area contributed by atoms with Crippen molar-refractivity contribution in [2.75, 3.05) is 26.3 Å². The van der Waals surface area contributed by atoms with E-state index in [1.807, 2.05) is 20.8 Å². The first-order valence-electron chi connectivity index (χ1n) is 11.8. The molecule has 1 amide bonds. The van der Waals surface area contributed by atoms with E-state index in [9.17, 15) is 4.79 Å². The van der Waals surface area contributed by atoms with Gasteiger partial charge in [-0.25, -0.2) is 4.79 Å². The van der Waals surface area contributed by atoms with Crippen LogP contribution in [0.5, 0.6) is 0 Å². The van der Waals surface area contributed by atoms with Gasteiger partial charge in [0.2, 0.25) is 0 Å². The third kappa shape index (κ3) is 6.69. The van der Waals surface area contributed by atoms with Gasteiger partial charge >= 0.3 is 6.09 Å². The molecule has 1 aliphatic heterocycles. The molecule has 176 valence electrons. The summed E-state index contributed by atoms with van der Waals surface area (Å²) >= 11 is 0. The van der Waals surface area contributed by atoms with Crippen LogP contribution in [0.2, 0.25) is 0 Å². The van der Waals surface area contributed by atoms with Gasteiger partial charge in [0.15, 0.2) is 0 Å². The summed E-state index contributed by atoms with van der Waals surface area (Å²) in [6.45, 7) is 15.3. The minimum Gasteiger partial charge on any atom is -0.448 e. The summed E-state index contributed by atoms with van der Waals surface area (Å²) in [5, 5.41) is 14.1. The Morgan fingerprint density at radius 2 is 1.97 bits per heavy atom. The summed E-state index contributed by atoms with van der Waals surface area (Å²) in [6.07, 6.45) is 6.31. The second kappa shape index (κ2) is 9.49. The highest BCUT2D eigenvalue weighted by Crippen LogP contribution is 2.49. The largest absolute Gasteiger partial charge is 0.448 e. The molecule has 3 N–H and O–H groups in total. The zero-order valence-corrected chi connectivity index (χ0v) is 20.3. The predicted molar refractivity (Wildman–Crippen MR) is 122 cm³/mol. The molecule has 2 fully saturated rings. The molecule has 2 heterocycles. The van der Waals surface area contributed by atoms with E-state index in [-0.39, 0.29) is 17.2 Å². The standard InChI is InChI=1S/C24H42N4O3/c1-17-19(9-12-25-13-14-30-21(29)26-22(2,3)4)20(28-27-17)18-7-10-24(11-8-18)15-23(5,6)16-31-24/h18,25H,7-16H2,1-6H3,(H,26,29)(H,27,28). The lowest BCUT2D eigenvalue weighted by atomic mass is 9.72. The number of carbonyl (C=O) groups excluding carboxylic acids is 1. The van der Waals surface area contributed by atoms with Crippen molar-refractivity contribution in [1.82, 2.24) is 20.8 Å². The molecule has 1 aromatic rings. The van der Waals surface area contributed by atoms with Gasteiger partial charge in [0.1, 0.15) is 6.61 Å². The van der Waals surface area contributed by atoms with Crippen molar-refractivity contribution < 1.29 is 14.3 Å². The first-order chi connectivity index (χ1) is 14.5. The maximum absolute atomic E-state index is 11.7. The summed E-state index contributed by atoms with van der Waals surface area (Å²) in [5.74, 6) is 0.516. The molecule has 7 nitrogen and oxygen atoms in total. The summed E-state index contributed by atoms with van der Waals surface area (Å²) in [4.78, 5) is 11.7. The number of carbonyl (C=O) groups is 1. The van der Waals surface area contributed by atoms with Crippen molar-refractivity contribution in [2.45, 2.75) is 97.1 Å². The van der Waals surface area contributed by atoms with E-state index in [1.54, 1.807) is 0 Å². The lowest BCUT2D eigenvalue weighted by Crippen LogP contribution is -2.41. The van der Waals surface area contributed by atoms with E-state index in [2.05, 4.69) is 41.6 Å². The summed E-state index contributed by atoms with van der Waals surface area (Å²) in [6, 6.07) is 0. The normalized spacial score (nSPS) is 25.7. The maximum atomic E-state index is 11.7. The molecule has 1 aliphatic carbocycles. The van der Waals surface area contributed by atoms with E-state index in [0.29, 0.717) is 24.5 Å². The Kier molecular flexibility index (Phi) is 7.36. The molecule has 31 heavy (non-hydrogen) atoms. The second-order valence-electron chi connectivity index (χ2n) is 11.3. The van der Waals surface area contributed by atoms with Gasteiger partial charge in [0.25, 0.3) is 0 Å². The number of alkyl carbamates (subject to hydrolysis) is 1. The Labute approximate surface area is 187 Å². The smallest absolute Gasteiger partial charge is 0.407 e. The van der Waals surface area contributed by atoms with Crippen LogP contribution in [0.15, 0.2) is 0 Å². The number of nitrogens with one attached hydrogen (secondary N) is 3. The minimum absolute atomic E-state index is 0.104. The molecule has 1 saturated carbocycles. The molecule has 2 aliphatic rings. The number of H-pyrrole nitrogens is 1. The number of amides is 1. The minimum atomic E-state index is -0.369. The van der Waals surface area contributed by atoms with Crippen molar-refractivity contribution in [2.24, 2.45) is 5.41 Å². The van der Waals surface area contributed by atoms with E-state index in [1.165, 1.54) is 17.7 Å². The number of aryl methyl sites for hydroxylation is 1. The molecular weight excluding hydrogens is 392 g/mol. The Morgan fingerprint density at radius 1 is 1.26 bits per heavy atom. The van der Waals surface area contributed by atoms with Crippen molar-refractivity contribution >= 4 is 6.09 Å². The van der Waals surface area contributed by atoms with Gasteiger partial charge in [-0.2, -0.15) is 5.10 Å². The zero-order chi connectivity index (χ0) is 22.7. The van der Waals surface area contributed by atoms with Crippen LogP contribution in [0.4, 0.5) is 4.79 Å². The highest BCUT2D eigenvalue weighted by Gasteiger charge is 2.46. The van der Waals surface area contributed by atoms with Gasteiger partial charge in [-0.1, -0.05) is 13.8 Å². The lowest BCUT2D eigenvalue weighted by Gasteiger charge is -2.37. The van der Waals surface area contributed by atoms with Crippen LogP contribution in [0.1, 0.15) is 89.6 Å². The van der Waals surface area contributed by atoms with Crippen LogP contribution in [0.25, 0.3) is 0 Å². The first-order valence-corrected chi connectivity index (χ1v) is 11.8. The fourth-order valence-electron chi connectivity index (χ4n) is 5.08. The summed E-state index contributed by atoms with van der Waals surface area (Å²) in [5.41, 5.74) is 3.88. The van der Waals surface area contributed by atoms with Crippen LogP contribution in [-0.4, -0.2) is 53.7 Å². The van der Waals surface area contributed by atoms with E-state index >= 15 is 0 Å². The van der Waals surface area contributed by atoms with Crippen LogP contribution < -0.4 is 10.6 Å². The van der Waals surface area contributed by atoms with Crippen molar-refractivity contribution in [3.05, 3.63) is 17.0 Å². The number of aromatic amines is 1. The fraction of sp³-hybridized carbons (Fsp3) is 0.833. The van der Waals surface area contributed by atoms with Crippen molar-refractivity contribution in [3.63, 3.8) is 0 Å². The highest BCUT2D eigenvalue weighted by atomic mass is 16.5. The molecule has 0 atom stereocenters. The highest BCUT2D eigenvalue weighted by molar-refractivity contribution is 5.68. The van der Waals surface area contributed by atoms with Crippen molar-refractivity contribution in [1.29, 1.82) is 0 Å². The zero-order valence-electron chi connectivity index (χ0n) is 20.3. The fourth-order valence-corrected chi connectivity index (χ4v) is 5.08. The van der Waals surface area contributed by atoms with Gasteiger partial charge in [0.05, 0.1) is 17.9 Å². The van der Waals surface area contributed by atoms with Crippen LogP contribution in [0, 0.1) is 12.3 Å². The molecule has 0 radical (unpaired) electrons. The molecule has 0 unspecified atom stereocenters. The summed E-state index contributed by atoms with van der Waals surface area (Å²) in [7, 11) is 0. The molecule has 3 rings (SSSR count). The van der Waals surface area contributed by atoms with E-state index in [4.69, 9.17) is 9.47 Å². The Morgan fingerprint density at radius 3 is 2.58 bits per heavy atom.